The van der Waals surface area contributed by atoms with Gasteiger partial charge in [-0.1, -0.05) is 12.1 Å². The third kappa shape index (κ3) is 2.40. The molecule has 1 aromatic carbocycles. The molecule has 1 atom stereocenters. The van der Waals surface area contributed by atoms with Crippen LogP contribution in [0.4, 0.5) is 0 Å². The first kappa shape index (κ1) is 12.7. The van der Waals surface area contributed by atoms with Crippen LogP contribution in [0.5, 0.6) is 5.75 Å². The van der Waals surface area contributed by atoms with Gasteiger partial charge in [0.2, 0.25) is 0 Å². The van der Waals surface area contributed by atoms with Crippen LogP contribution in [0, 0.1) is 6.92 Å². The number of benzene rings is 1. The average molecular weight is 273 g/mol. The van der Waals surface area contributed by atoms with Crippen LogP contribution in [0.2, 0.25) is 0 Å². The van der Waals surface area contributed by atoms with Crippen molar-refractivity contribution >= 4 is 11.3 Å². The highest BCUT2D eigenvalue weighted by molar-refractivity contribution is 7.08. The van der Waals surface area contributed by atoms with Gasteiger partial charge in [0.1, 0.15) is 5.75 Å². The highest BCUT2D eigenvalue weighted by Crippen LogP contribution is 2.32. The van der Waals surface area contributed by atoms with Gasteiger partial charge >= 0.3 is 0 Å². The molecule has 1 aromatic heterocycles. The molecule has 0 fully saturated rings. The van der Waals surface area contributed by atoms with Gasteiger partial charge < -0.3 is 10.1 Å². The molecule has 0 spiro atoms. The van der Waals surface area contributed by atoms with Crippen LogP contribution >= 0.6 is 11.3 Å². The van der Waals surface area contributed by atoms with Gasteiger partial charge in [0, 0.05) is 0 Å². The minimum Gasteiger partial charge on any atom is -0.493 e. The zero-order valence-corrected chi connectivity index (χ0v) is 12.2. The molecule has 3 rings (SSSR count). The van der Waals surface area contributed by atoms with Crippen molar-refractivity contribution in [2.45, 2.75) is 25.8 Å². The molecular weight excluding hydrogens is 254 g/mol. The lowest BCUT2D eigenvalue weighted by molar-refractivity contribution is 0.288. The van der Waals surface area contributed by atoms with Crippen molar-refractivity contribution < 1.29 is 4.74 Å². The Balaban J connectivity index is 1.98. The standard InChI is InChI=1S/C16H19NOS/c1-11-9-19-10-14(11)16(17-2)13-5-6-15-12(8-13)4-3-7-18-15/h5-6,8-10,16-17H,3-4,7H2,1-2H3. The SMILES string of the molecule is CNC(c1ccc2c(c1)CCCO2)c1cscc1C. The van der Waals surface area contributed by atoms with Gasteiger partial charge in [-0.15, -0.1) is 0 Å². The van der Waals surface area contributed by atoms with E-state index in [1.807, 2.05) is 7.05 Å². The van der Waals surface area contributed by atoms with Gasteiger partial charge in [0.15, 0.2) is 0 Å². The summed E-state index contributed by atoms with van der Waals surface area (Å²) >= 11 is 1.77. The zero-order chi connectivity index (χ0) is 13.2. The Morgan fingerprint density at radius 1 is 1.32 bits per heavy atom. The monoisotopic (exact) mass is 273 g/mol. The van der Waals surface area contributed by atoms with E-state index in [1.165, 1.54) is 22.3 Å². The van der Waals surface area contributed by atoms with E-state index in [1.54, 1.807) is 11.3 Å². The van der Waals surface area contributed by atoms with Crippen LogP contribution < -0.4 is 10.1 Å². The molecule has 0 radical (unpaired) electrons. The zero-order valence-electron chi connectivity index (χ0n) is 11.4. The Morgan fingerprint density at radius 3 is 2.95 bits per heavy atom. The van der Waals surface area contributed by atoms with Crippen LogP contribution in [-0.4, -0.2) is 13.7 Å². The Labute approximate surface area is 118 Å². The van der Waals surface area contributed by atoms with Crippen LogP contribution in [0.25, 0.3) is 0 Å². The van der Waals surface area contributed by atoms with Crippen LogP contribution in [-0.2, 0) is 6.42 Å². The van der Waals surface area contributed by atoms with Gasteiger partial charge in [0.05, 0.1) is 12.6 Å². The van der Waals surface area contributed by atoms with E-state index in [2.05, 4.69) is 41.2 Å². The lowest BCUT2D eigenvalue weighted by Crippen LogP contribution is -2.18. The Bertz CT molecular complexity index is 576. The predicted molar refractivity (Wildman–Crippen MR) is 80.2 cm³/mol. The van der Waals surface area contributed by atoms with Crippen molar-refractivity contribution in [1.29, 1.82) is 0 Å². The van der Waals surface area contributed by atoms with Gasteiger partial charge in [-0.3, -0.25) is 0 Å². The number of ether oxygens (including phenoxy) is 1. The summed E-state index contributed by atoms with van der Waals surface area (Å²) in [6, 6.07) is 6.88. The van der Waals surface area contributed by atoms with Gasteiger partial charge in [-0.05, 0) is 65.9 Å². The molecule has 19 heavy (non-hydrogen) atoms. The second-order valence-electron chi connectivity index (χ2n) is 5.05. The van der Waals surface area contributed by atoms with E-state index in [9.17, 15) is 0 Å². The number of nitrogens with one attached hydrogen (secondary N) is 1. The van der Waals surface area contributed by atoms with Gasteiger partial charge in [0.25, 0.3) is 0 Å². The van der Waals surface area contributed by atoms with Crippen LogP contribution in [0.15, 0.2) is 29.0 Å². The maximum Gasteiger partial charge on any atom is 0.122 e. The molecule has 1 N–H and O–H groups in total. The second kappa shape index (κ2) is 5.35. The maximum absolute atomic E-state index is 5.69. The maximum atomic E-state index is 5.69. The lowest BCUT2D eigenvalue weighted by atomic mass is 9.95. The fourth-order valence-electron chi connectivity index (χ4n) is 2.73. The van der Waals surface area contributed by atoms with Crippen molar-refractivity contribution in [1.82, 2.24) is 5.32 Å². The molecule has 1 aliphatic heterocycles. The third-order valence-corrected chi connectivity index (χ3v) is 4.64. The fourth-order valence-corrected chi connectivity index (χ4v) is 3.60. The van der Waals surface area contributed by atoms with Crippen molar-refractivity contribution in [3.63, 3.8) is 0 Å². The highest BCUT2D eigenvalue weighted by Gasteiger charge is 2.18. The van der Waals surface area contributed by atoms with Crippen LogP contribution in [0.3, 0.4) is 0 Å². The summed E-state index contributed by atoms with van der Waals surface area (Å²) in [5.41, 5.74) is 5.41. The second-order valence-corrected chi connectivity index (χ2v) is 5.79. The summed E-state index contributed by atoms with van der Waals surface area (Å²) in [4.78, 5) is 0. The Hall–Kier alpha value is -1.32. The molecule has 0 saturated carbocycles. The van der Waals surface area contributed by atoms with E-state index in [0.717, 1.165) is 25.2 Å². The molecular formula is C16H19NOS. The van der Waals surface area contributed by atoms with Gasteiger partial charge in [-0.2, -0.15) is 11.3 Å². The predicted octanol–water partition coefficient (Wildman–Crippen LogP) is 3.69. The summed E-state index contributed by atoms with van der Waals surface area (Å²) in [5.74, 6) is 1.06. The minimum atomic E-state index is 0.276. The molecule has 2 aromatic rings. The van der Waals surface area contributed by atoms with Crippen LogP contribution in [0.1, 0.15) is 34.7 Å². The molecule has 0 amide bonds. The van der Waals surface area contributed by atoms with Crippen molar-refractivity contribution in [2.75, 3.05) is 13.7 Å². The first-order valence-electron chi connectivity index (χ1n) is 6.75. The number of hydrogen-bond donors (Lipinski definition) is 1. The average Bonchev–Trinajstić information content (AvgIpc) is 2.86. The molecule has 0 saturated heterocycles. The largest absolute Gasteiger partial charge is 0.493 e. The highest BCUT2D eigenvalue weighted by atomic mass is 32.1. The molecule has 100 valence electrons. The number of aryl methyl sites for hydroxylation is 2. The number of rotatable bonds is 3. The van der Waals surface area contributed by atoms with E-state index in [4.69, 9.17) is 4.74 Å². The molecule has 0 bridgehead atoms. The molecule has 3 heteroatoms. The summed E-state index contributed by atoms with van der Waals surface area (Å²) < 4.78 is 5.69. The number of fused-ring (bicyclic) bond motifs is 1. The fraction of sp³-hybridized carbons (Fsp3) is 0.375. The van der Waals surface area contributed by atoms with Crippen molar-refractivity contribution in [3.8, 4) is 5.75 Å². The first-order chi connectivity index (χ1) is 9.29. The summed E-state index contributed by atoms with van der Waals surface area (Å²) in [5, 5.41) is 7.89. The number of thiophene rings is 1. The topological polar surface area (TPSA) is 21.3 Å². The van der Waals surface area contributed by atoms with Gasteiger partial charge in [-0.25, -0.2) is 0 Å². The summed E-state index contributed by atoms with van der Waals surface area (Å²) in [7, 11) is 2.03. The van der Waals surface area contributed by atoms with Crippen molar-refractivity contribution in [3.05, 3.63) is 51.2 Å². The number of hydrogen-bond acceptors (Lipinski definition) is 3. The first-order valence-corrected chi connectivity index (χ1v) is 7.69. The minimum absolute atomic E-state index is 0.276. The quantitative estimate of drug-likeness (QED) is 0.921. The van der Waals surface area contributed by atoms with E-state index in [0.29, 0.717) is 0 Å². The van der Waals surface area contributed by atoms with E-state index < -0.39 is 0 Å². The van der Waals surface area contributed by atoms with E-state index >= 15 is 0 Å². The lowest BCUT2D eigenvalue weighted by Gasteiger charge is -2.22. The molecule has 1 aliphatic rings. The van der Waals surface area contributed by atoms with E-state index in [-0.39, 0.29) is 6.04 Å². The summed E-state index contributed by atoms with van der Waals surface area (Å²) in [6.07, 6.45) is 2.25. The molecule has 2 nitrogen and oxygen atoms in total. The Kier molecular flexibility index (Phi) is 3.58. The normalized spacial score (nSPS) is 15.7. The third-order valence-electron chi connectivity index (χ3n) is 3.76. The summed E-state index contributed by atoms with van der Waals surface area (Å²) in [6.45, 7) is 3.03. The van der Waals surface area contributed by atoms with Crippen molar-refractivity contribution in [2.24, 2.45) is 0 Å². The Morgan fingerprint density at radius 2 is 2.21 bits per heavy atom. The molecule has 0 aliphatic carbocycles. The molecule has 1 unspecified atom stereocenters. The smallest absolute Gasteiger partial charge is 0.122 e. The molecule has 2 heterocycles.